The quantitative estimate of drug-likeness (QED) is 0.650. The van der Waals surface area contributed by atoms with Gasteiger partial charge < -0.3 is 4.74 Å². The number of pyridine rings is 1. The van der Waals surface area contributed by atoms with Crippen LogP contribution in [0.3, 0.4) is 0 Å². The molecule has 0 saturated carbocycles. The van der Waals surface area contributed by atoms with Crippen molar-refractivity contribution in [3.05, 3.63) is 23.5 Å². The Morgan fingerprint density at radius 2 is 2.36 bits per heavy atom. The summed E-state index contributed by atoms with van der Waals surface area (Å²) in [7, 11) is 1.54. The van der Waals surface area contributed by atoms with E-state index in [2.05, 4.69) is 4.98 Å². The zero-order chi connectivity index (χ0) is 8.27. The molecule has 0 unspecified atom stereocenters. The molecule has 0 aromatic carbocycles. The van der Waals surface area contributed by atoms with Gasteiger partial charge in [0.05, 0.1) is 13.3 Å². The predicted molar refractivity (Wildman–Crippen MR) is 40.3 cm³/mol. The highest BCUT2D eigenvalue weighted by Gasteiger charge is 2.00. The lowest BCUT2D eigenvalue weighted by atomic mass is 10.2. The van der Waals surface area contributed by atoms with Crippen LogP contribution in [-0.2, 0) is 6.67 Å². The molecule has 3 heteroatoms. The van der Waals surface area contributed by atoms with E-state index in [0.717, 1.165) is 0 Å². The zero-order valence-corrected chi connectivity index (χ0v) is 6.60. The number of aromatic nitrogens is 1. The molecule has 0 aliphatic carbocycles. The van der Waals surface area contributed by atoms with E-state index in [1.54, 1.807) is 19.2 Å². The first-order valence-corrected chi connectivity index (χ1v) is 3.33. The summed E-state index contributed by atoms with van der Waals surface area (Å²) in [4.78, 5) is 3.96. The summed E-state index contributed by atoms with van der Waals surface area (Å²) in [6, 6.07) is 1.66. The van der Waals surface area contributed by atoms with Crippen molar-refractivity contribution in [1.82, 2.24) is 4.98 Å². The van der Waals surface area contributed by atoms with Gasteiger partial charge in [-0.05, 0) is 13.0 Å². The first kappa shape index (κ1) is 7.98. The summed E-state index contributed by atoms with van der Waals surface area (Å²) >= 11 is 0. The van der Waals surface area contributed by atoms with Crippen LogP contribution in [0.2, 0.25) is 0 Å². The molecule has 0 bridgehead atoms. The Morgan fingerprint density at radius 3 is 2.91 bits per heavy atom. The van der Waals surface area contributed by atoms with Gasteiger partial charge in [0.15, 0.2) is 0 Å². The lowest BCUT2D eigenvalue weighted by Gasteiger charge is -2.02. The Bertz CT molecular complexity index is 250. The van der Waals surface area contributed by atoms with E-state index >= 15 is 0 Å². The Balaban J connectivity index is 3.02. The molecule has 0 amide bonds. The SMILES string of the molecule is COc1cnc(C)c(CF)c1. The van der Waals surface area contributed by atoms with Crippen molar-refractivity contribution in [2.24, 2.45) is 0 Å². The van der Waals surface area contributed by atoms with Gasteiger partial charge in [-0.2, -0.15) is 0 Å². The lowest BCUT2D eigenvalue weighted by molar-refractivity contribution is 0.409. The van der Waals surface area contributed by atoms with Crippen molar-refractivity contribution in [2.45, 2.75) is 13.6 Å². The molecule has 1 aromatic heterocycles. The van der Waals surface area contributed by atoms with Crippen LogP contribution in [0, 0.1) is 6.92 Å². The van der Waals surface area contributed by atoms with E-state index < -0.39 is 6.67 Å². The first-order valence-electron chi connectivity index (χ1n) is 3.33. The van der Waals surface area contributed by atoms with Gasteiger partial charge in [0.2, 0.25) is 0 Å². The smallest absolute Gasteiger partial charge is 0.137 e. The standard InChI is InChI=1S/C8H10FNO/c1-6-7(4-9)3-8(11-2)5-10-6/h3,5H,4H2,1-2H3. The minimum Gasteiger partial charge on any atom is -0.495 e. The van der Waals surface area contributed by atoms with Crippen molar-refractivity contribution in [3.63, 3.8) is 0 Å². The minimum atomic E-state index is -0.490. The number of rotatable bonds is 2. The van der Waals surface area contributed by atoms with Crippen LogP contribution in [0.1, 0.15) is 11.3 Å². The maximum absolute atomic E-state index is 12.2. The van der Waals surface area contributed by atoms with E-state index in [9.17, 15) is 4.39 Å². The van der Waals surface area contributed by atoms with Crippen LogP contribution in [0.4, 0.5) is 4.39 Å². The average Bonchev–Trinajstić information content (AvgIpc) is 2.05. The molecule has 0 saturated heterocycles. The van der Waals surface area contributed by atoms with E-state index in [1.807, 2.05) is 0 Å². The maximum atomic E-state index is 12.2. The van der Waals surface area contributed by atoms with E-state index in [1.165, 1.54) is 7.11 Å². The molecule has 11 heavy (non-hydrogen) atoms. The predicted octanol–water partition coefficient (Wildman–Crippen LogP) is 1.87. The molecule has 0 aliphatic heterocycles. The fourth-order valence-electron chi connectivity index (χ4n) is 0.804. The molecule has 1 heterocycles. The van der Waals surface area contributed by atoms with Crippen LogP contribution in [-0.4, -0.2) is 12.1 Å². The minimum absolute atomic E-state index is 0.490. The number of nitrogens with zero attached hydrogens (tertiary/aromatic N) is 1. The maximum Gasteiger partial charge on any atom is 0.137 e. The zero-order valence-electron chi connectivity index (χ0n) is 6.60. The van der Waals surface area contributed by atoms with E-state index in [-0.39, 0.29) is 0 Å². The van der Waals surface area contributed by atoms with E-state index in [4.69, 9.17) is 4.74 Å². The summed E-state index contributed by atoms with van der Waals surface area (Å²) in [6.07, 6.45) is 1.58. The van der Waals surface area contributed by atoms with Crippen molar-refractivity contribution in [2.75, 3.05) is 7.11 Å². The van der Waals surface area contributed by atoms with Crippen molar-refractivity contribution in [1.29, 1.82) is 0 Å². The van der Waals surface area contributed by atoms with Crippen molar-refractivity contribution in [3.8, 4) is 5.75 Å². The average molecular weight is 155 g/mol. The Kier molecular flexibility index (Phi) is 2.41. The highest BCUT2D eigenvalue weighted by molar-refractivity contribution is 5.27. The molecule has 0 aliphatic rings. The fourth-order valence-corrected chi connectivity index (χ4v) is 0.804. The topological polar surface area (TPSA) is 22.1 Å². The number of methoxy groups -OCH3 is 1. The van der Waals surface area contributed by atoms with Crippen LogP contribution in [0.5, 0.6) is 5.75 Å². The monoisotopic (exact) mass is 155 g/mol. The third-order valence-electron chi connectivity index (χ3n) is 1.55. The van der Waals surface area contributed by atoms with Crippen LogP contribution >= 0.6 is 0 Å². The van der Waals surface area contributed by atoms with E-state index in [0.29, 0.717) is 17.0 Å². The van der Waals surface area contributed by atoms with Crippen molar-refractivity contribution >= 4 is 0 Å². The number of ether oxygens (including phenoxy) is 1. The molecular formula is C8H10FNO. The van der Waals surface area contributed by atoms with Crippen LogP contribution in [0.15, 0.2) is 12.3 Å². The first-order chi connectivity index (χ1) is 5.27. The van der Waals surface area contributed by atoms with Gasteiger partial charge in [-0.3, -0.25) is 4.98 Å². The third kappa shape index (κ3) is 1.67. The third-order valence-corrected chi connectivity index (χ3v) is 1.55. The summed E-state index contributed by atoms with van der Waals surface area (Å²) in [5.74, 6) is 0.600. The van der Waals surface area contributed by atoms with Crippen LogP contribution in [0.25, 0.3) is 0 Å². The Hall–Kier alpha value is -1.12. The molecule has 1 aromatic rings. The van der Waals surface area contributed by atoms with Gasteiger partial charge in [0.1, 0.15) is 12.4 Å². The molecule has 60 valence electrons. The molecule has 2 nitrogen and oxygen atoms in total. The number of alkyl halides is 1. The summed E-state index contributed by atoms with van der Waals surface area (Å²) in [5.41, 5.74) is 1.30. The molecular weight excluding hydrogens is 145 g/mol. The van der Waals surface area contributed by atoms with Gasteiger partial charge >= 0.3 is 0 Å². The number of hydrogen-bond donors (Lipinski definition) is 0. The highest BCUT2D eigenvalue weighted by atomic mass is 19.1. The molecule has 0 N–H and O–H groups in total. The van der Waals surface area contributed by atoms with Gasteiger partial charge in [0.25, 0.3) is 0 Å². The second-order valence-electron chi connectivity index (χ2n) is 2.25. The van der Waals surface area contributed by atoms with Gasteiger partial charge in [-0.25, -0.2) is 4.39 Å². The molecule has 0 spiro atoms. The molecule has 0 atom stereocenters. The Labute approximate surface area is 65.0 Å². The highest BCUT2D eigenvalue weighted by Crippen LogP contribution is 2.14. The second kappa shape index (κ2) is 3.32. The van der Waals surface area contributed by atoms with Crippen LogP contribution < -0.4 is 4.74 Å². The summed E-state index contributed by atoms with van der Waals surface area (Å²) in [5, 5.41) is 0. The Morgan fingerprint density at radius 1 is 1.64 bits per heavy atom. The van der Waals surface area contributed by atoms with Gasteiger partial charge in [-0.1, -0.05) is 0 Å². The summed E-state index contributed by atoms with van der Waals surface area (Å²) < 4.78 is 17.1. The summed E-state index contributed by atoms with van der Waals surface area (Å²) in [6.45, 7) is 1.28. The van der Waals surface area contributed by atoms with Gasteiger partial charge in [0, 0.05) is 11.3 Å². The van der Waals surface area contributed by atoms with Gasteiger partial charge in [-0.15, -0.1) is 0 Å². The normalized spacial score (nSPS) is 9.73. The van der Waals surface area contributed by atoms with Crippen molar-refractivity contribution < 1.29 is 9.13 Å². The lowest BCUT2D eigenvalue weighted by Crippen LogP contribution is -1.92. The largest absolute Gasteiger partial charge is 0.495 e. The number of halogens is 1. The molecule has 1 rings (SSSR count). The second-order valence-corrected chi connectivity index (χ2v) is 2.25. The molecule has 0 fully saturated rings. The number of hydrogen-bond acceptors (Lipinski definition) is 2. The number of aryl methyl sites for hydroxylation is 1. The molecule has 0 radical (unpaired) electrons. The fraction of sp³-hybridized carbons (Fsp3) is 0.375.